The molecule has 4 nitrogen and oxygen atoms in total. The molecule has 1 N–H and O–H groups in total. The van der Waals surface area contributed by atoms with Crippen molar-refractivity contribution < 1.29 is 0 Å². The van der Waals surface area contributed by atoms with Crippen LogP contribution in [0.4, 0.5) is 5.82 Å². The third kappa shape index (κ3) is 2.22. The van der Waals surface area contributed by atoms with Crippen LogP contribution in [0.15, 0.2) is 12.4 Å². The quantitative estimate of drug-likeness (QED) is 0.792. The topological polar surface area (TPSA) is 50.7 Å². The first kappa shape index (κ1) is 13.2. The summed E-state index contributed by atoms with van der Waals surface area (Å²) in [5.41, 5.74) is 3.29. The number of rotatable bonds is 3. The van der Waals surface area contributed by atoms with Gasteiger partial charge < -0.3 is 5.32 Å². The first-order valence-corrected chi connectivity index (χ1v) is 7.63. The SMILES string of the molecule is Cc1cc(C)c2c(n1)sc1c(NCC(C)C)ncnc12. The molecular weight excluding hydrogens is 268 g/mol. The van der Waals surface area contributed by atoms with Crippen molar-refractivity contribution in [2.45, 2.75) is 27.7 Å². The summed E-state index contributed by atoms with van der Waals surface area (Å²) in [5, 5.41) is 4.57. The zero-order chi connectivity index (χ0) is 14.3. The molecule has 0 aliphatic rings. The Morgan fingerprint density at radius 2 is 2.05 bits per heavy atom. The fourth-order valence-electron chi connectivity index (χ4n) is 2.34. The lowest BCUT2D eigenvalue weighted by Crippen LogP contribution is -2.09. The molecular formula is C15H18N4S. The molecule has 0 saturated carbocycles. The molecule has 0 aliphatic carbocycles. The molecule has 0 aromatic carbocycles. The number of thiophene rings is 1. The van der Waals surface area contributed by atoms with Gasteiger partial charge in [-0.2, -0.15) is 0 Å². The van der Waals surface area contributed by atoms with Gasteiger partial charge in [0, 0.05) is 17.6 Å². The highest BCUT2D eigenvalue weighted by Crippen LogP contribution is 2.36. The number of hydrogen-bond donors (Lipinski definition) is 1. The summed E-state index contributed by atoms with van der Waals surface area (Å²) in [6, 6.07) is 2.11. The maximum absolute atomic E-state index is 4.63. The van der Waals surface area contributed by atoms with E-state index in [0.717, 1.165) is 38.5 Å². The summed E-state index contributed by atoms with van der Waals surface area (Å²) in [6.07, 6.45) is 1.64. The summed E-state index contributed by atoms with van der Waals surface area (Å²) in [5.74, 6) is 1.50. The third-order valence-corrected chi connectivity index (χ3v) is 4.31. The number of hydrogen-bond acceptors (Lipinski definition) is 5. The predicted molar refractivity (Wildman–Crippen MR) is 85.5 cm³/mol. The van der Waals surface area contributed by atoms with E-state index in [-0.39, 0.29) is 0 Å². The highest BCUT2D eigenvalue weighted by molar-refractivity contribution is 7.26. The van der Waals surface area contributed by atoms with E-state index in [1.54, 1.807) is 17.7 Å². The summed E-state index contributed by atoms with van der Waals surface area (Å²) in [4.78, 5) is 14.5. The van der Waals surface area contributed by atoms with Crippen molar-refractivity contribution in [2.75, 3.05) is 11.9 Å². The summed E-state index contributed by atoms with van der Waals surface area (Å²) < 4.78 is 1.10. The normalized spacial score (nSPS) is 11.7. The highest BCUT2D eigenvalue weighted by Gasteiger charge is 2.14. The predicted octanol–water partition coefficient (Wildman–Crippen LogP) is 3.92. The lowest BCUT2D eigenvalue weighted by molar-refractivity contribution is 0.687. The van der Waals surface area contributed by atoms with Crippen molar-refractivity contribution in [3.63, 3.8) is 0 Å². The van der Waals surface area contributed by atoms with Crippen LogP contribution in [0.2, 0.25) is 0 Å². The molecule has 3 aromatic heterocycles. The fourth-order valence-corrected chi connectivity index (χ4v) is 3.55. The van der Waals surface area contributed by atoms with Crippen LogP contribution in [-0.2, 0) is 0 Å². The van der Waals surface area contributed by atoms with E-state index < -0.39 is 0 Å². The van der Waals surface area contributed by atoms with Gasteiger partial charge in [0.15, 0.2) is 0 Å². The monoisotopic (exact) mass is 286 g/mol. The first-order valence-electron chi connectivity index (χ1n) is 6.81. The Balaban J connectivity index is 2.22. The van der Waals surface area contributed by atoms with Gasteiger partial charge in [0.05, 0.1) is 10.2 Å². The average molecular weight is 286 g/mol. The third-order valence-electron chi connectivity index (χ3n) is 3.23. The average Bonchev–Trinajstić information content (AvgIpc) is 2.74. The van der Waals surface area contributed by atoms with E-state index in [1.807, 2.05) is 6.92 Å². The van der Waals surface area contributed by atoms with Gasteiger partial charge >= 0.3 is 0 Å². The summed E-state index contributed by atoms with van der Waals surface area (Å²) in [6.45, 7) is 9.43. The number of nitrogens with zero attached hydrogens (tertiary/aromatic N) is 3. The molecule has 0 unspecified atom stereocenters. The van der Waals surface area contributed by atoms with Gasteiger partial charge in [-0.25, -0.2) is 15.0 Å². The second-order valence-electron chi connectivity index (χ2n) is 5.54. The maximum atomic E-state index is 4.63. The van der Waals surface area contributed by atoms with Crippen molar-refractivity contribution in [3.8, 4) is 0 Å². The van der Waals surface area contributed by atoms with E-state index in [2.05, 4.69) is 47.1 Å². The number of pyridine rings is 1. The van der Waals surface area contributed by atoms with Crippen molar-refractivity contribution in [2.24, 2.45) is 5.92 Å². The van der Waals surface area contributed by atoms with Gasteiger partial charge in [0.1, 0.15) is 17.0 Å². The van der Waals surface area contributed by atoms with Crippen LogP contribution in [0.1, 0.15) is 25.1 Å². The second-order valence-corrected chi connectivity index (χ2v) is 6.54. The first-order chi connectivity index (χ1) is 9.56. The highest BCUT2D eigenvalue weighted by atomic mass is 32.1. The van der Waals surface area contributed by atoms with Gasteiger partial charge in [0.25, 0.3) is 0 Å². The number of nitrogens with one attached hydrogen (secondary N) is 1. The zero-order valence-electron chi connectivity index (χ0n) is 12.2. The minimum absolute atomic E-state index is 0.580. The molecule has 3 aromatic rings. The molecule has 0 radical (unpaired) electrons. The van der Waals surface area contributed by atoms with Crippen molar-refractivity contribution in [3.05, 3.63) is 23.7 Å². The number of fused-ring (bicyclic) bond motifs is 3. The molecule has 0 aliphatic heterocycles. The standard InChI is InChI=1S/C15H18N4S/c1-8(2)6-16-14-13-12(17-7-18-14)11-9(3)5-10(4)19-15(11)20-13/h5,7-8H,6H2,1-4H3,(H,16,17,18). The van der Waals surface area contributed by atoms with Gasteiger partial charge in [-0.1, -0.05) is 13.8 Å². The molecule has 0 bridgehead atoms. The van der Waals surface area contributed by atoms with Crippen LogP contribution in [-0.4, -0.2) is 21.5 Å². The van der Waals surface area contributed by atoms with E-state index >= 15 is 0 Å². The van der Waals surface area contributed by atoms with Gasteiger partial charge in [-0.15, -0.1) is 11.3 Å². The van der Waals surface area contributed by atoms with Crippen molar-refractivity contribution >= 4 is 37.6 Å². The Hall–Kier alpha value is -1.75. The smallest absolute Gasteiger partial charge is 0.147 e. The van der Waals surface area contributed by atoms with Crippen LogP contribution >= 0.6 is 11.3 Å². The molecule has 20 heavy (non-hydrogen) atoms. The van der Waals surface area contributed by atoms with Crippen LogP contribution in [0, 0.1) is 19.8 Å². The minimum atomic E-state index is 0.580. The van der Waals surface area contributed by atoms with E-state index in [4.69, 9.17) is 0 Å². The van der Waals surface area contributed by atoms with Crippen LogP contribution < -0.4 is 5.32 Å². The largest absolute Gasteiger partial charge is 0.369 e. The Kier molecular flexibility index (Phi) is 3.30. The van der Waals surface area contributed by atoms with Gasteiger partial charge in [0.2, 0.25) is 0 Å². The summed E-state index contributed by atoms with van der Waals surface area (Å²) in [7, 11) is 0. The molecule has 0 saturated heterocycles. The van der Waals surface area contributed by atoms with Crippen molar-refractivity contribution in [1.29, 1.82) is 0 Å². The van der Waals surface area contributed by atoms with Crippen LogP contribution in [0.25, 0.3) is 20.4 Å². The molecule has 0 fully saturated rings. The van der Waals surface area contributed by atoms with E-state index in [1.165, 1.54) is 5.56 Å². The molecule has 0 atom stereocenters. The fraction of sp³-hybridized carbons (Fsp3) is 0.400. The Bertz CT molecular complexity index is 776. The van der Waals surface area contributed by atoms with Gasteiger partial charge in [-0.3, -0.25) is 0 Å². The number of anilines is 1. The molecule has 104 valence electrons. The van der Waals surface area contributed by atoms with Crippen LogP contribution in [0.3, 0.4) is 0 Å². The molecule has 0 spiro atoms. The second kappa shape index (κ2) is 4.98. The lowest BCUT2D eigenvalue weighted by atomic mass is 10.1. The lowest BCUT2D eigenvalue weighted by Gasteiger charge is -2.08. The number of aromatic nitrogens is 3. The van der Waals surface area contributed by atoms with Gasteiger partial charge in [-0.05, 0) is 31.4 Å². The minimum Gasteiger partial charge on any atom is -0.369 e. The molecule has 0 amide bonds. The summed E-state index contributed by atoms with van der Waals surface area (Å²) >= 11 is 1.67. The van der Waals surface area contributed by atoms with Crippen molar-refractivity contribution in [1.82, 2.24) is 15.0 Å². The van der Waals surface area contributed by atoms with Crippen LogP contribution in [0.5, 0.6) is 0 Å². The molecule has 3 rings (SSSR count). The Morgan fingerprint density at radius 3 is 2.80 bits per heavy atom. The van der Waals surface area contributed by atoms with E-state index in [0.29, 0.717) is 5.92 Å². The molecule has 3 heterocycles. The molecule has 5 heteroatoms. The maximum Gasteiger partial charge on any atom is 0.147 e. The Labute approximate surface area is 122 Å². The van der Waals surface area contributed by atoms with E-state index in [9.17, 15) is 0 Å². The number of aryl methyl sites for hydroxylation is 2. The zero-order valence-corrected chi connectivity index (χ0v) is 13.0. The Morgan fingerprint density at radius 1 is 1.25 bits per heavy atom.